The summed E-state index contributed by atoms with van der Waals surface area (Å²) in [5.41, 5.74) is -0.0367. The second-order valence-corrected chi connectivity index (χ2v) is 8.62. The number of alkyl halides is 2. The molecule has 2 aliphatic heterocycles. The highest BCUT2D eigenvalue weighted by Gasteiger charge is 2.45. The van der Waals surface area contributed by atoms with Gasteiger partial charge in [-0.25, -0.2) is 23.5 Å². The van der Waals surface area contributed by atoms with Crippen LogP contribution in [0.3, 0.4) is 0 Å². The molecule has 4 rings (SSSR count). The van der Waals surface area contributed by atoms with Crippen LogP contribution in [0.4, 0.5) is 19.4 Å². The zero-order chi connectivity index (χ0) is 18.5. The fourth-order valence-corrected chi connectivity index (χ4v) is 5.20. The van der Waals surface area contributed by atoms with Crippen molar-refractivity contribution in [3.05, 3.63) is 17.3 Å². The number of hydrogen-bond acceptors (Lipinski definition) is 5. The van der Waals surface area contributed by atoms with Crippen molar-refractivity contribution in [2.45, 2.75) is 32.1 Å². The first-order chi connectivity index (χ1) is 12.2. The van der Waals surface area contributed by atoms with Gasteiger partial charge in [0.2, 0.25) is 5.92 Å². The summed E-state index contributed by atoms with van der Waals surface area (Å²) in [6.45, 7) is 3.55. The number of fused-ring (bicyclic) bond motifs is 1. The van der Waals surface area contributed by atoms with Gasteiger partial charge in [-0.1, -0.05) is 0 Å². The van der Waals surface area contributed by atoms with E-state index in [1.807, 2.05) is 0 Å². The number of aromatic nitrogens is 2. The Kier molecular flexibility index (Phi) is 4.02. The van der Waals surface area contributed by atoms with Gasteiger partial charge < -0.3 is 14.9 Å². The van der Waals surface area contributed by atoms with Gasteiger partial charge in [-0.15, -0.1) is 11.3 Å². The van der Waals surface area contributed by atoms with Crippen molar-refractivity contribution < 1.29 is 18.7 Å². The van der Waals surface area contributed by atoms with Crippen molar-refractivity contribution in [2.24, 2.45) is 5.41 Å². The standard InChI is InChI=1S/C17H20F2N4O2S/c1-16(18,19)7-11-6-12-13(20-10-21-14(12)26-11)22-4-2-17(8-22)3-5-23(9-17)15(24)25/h6,10H,2-5,7-9H2,1H3,(H,24,25). The molecular formula is C17H20F2N4O2S. The molecule has 1 amide bonds. The molecule has 2 fully saturated rings. The molecule has 2 saturated heterocycles. The molecular weight excluding hydrogens is 362 g/mol. The van der Waals surface area contributed by atoms with Crippen LogP contribution in [-0.2, 0) is 6.42 Å². The quantitative estimate of drug-likeness (QED) is 0.880. The summed E-state index contributed by atoms with van der Waals surface area (Å²) in [7, 11) is 0. The Hall–Kier alpha value is -2.03. The van der Waals surface area contributed by atoms with E-state index in [4.69, 9.17) is 0 Å². The molecule has 1 N–H and O–H groups in total. The minimum Gasteiger partial charge on any atom is -0.465 e. The molecule has 1 spiro atoms. The number of rotatable bonds is 3. The molecule has 4 heterocycles. The first kappa shape index (κ1) is 17.4. The van der Waals surface area contributed by atoms with E-state index in [2.05, 4.69) is 14.9 Å². The van der Waals surface area contributed by atoms with Gasteiger partial charge in [0.25, 0.3) is 0 Å². The van der Waals surface area contributed by atoms with Gasteiger partial charge in [-0.3, -0.25) is 0 Å². The van der Waals surface area contributed by atoms with Crippen LogP contribution < -0.4 is 4.90 Å². The summed E-state index contributed by atoms with van der Waals surface area (Å²) in [6, 6.07) is 1.77. The lowest BCUT2D eigenvalue weighted by atomic mass is 9.86. The third-order valence-corrected chi connectivity index (χ3v) is 6.33. The second kappa shape index (κ2) is 6.00. The van der Waals surface area contributed by atoms with Crippen LogP contribution in [0, 0.1) is 5.41 Å². The van der Waals surface area contributed by atoms with Crippen LogP contribution in [0.15, 0.2) is 12.4 Å². The number of anilines is 1. The van der Waals surface area contributed by atoms with Crippen LogP contribution in [0.1, 0.15) is 24.6 Å². The Balaban J connectivity index is 1.59. The lowest BCUT2D eigenvalue weighted by Gasteiger charge is -2.24. The van der Waals surface area contributed by atoms with E-state index in [1.54, 1.807) is 6.07 Å². The van der Waals surface area contributed by atoms with Gasteiger partial charge in [-0.2, -0.15) is 0 Å². The first-order valence-corrected chi connectivity index (χ1v) is 9.40. The molecule has 2 aromatic rings. The Morgan fingerprint density at radius 2 is 2.12 bits per heavy atom. The zero-order valence-corrected chi connectivity index (χ0v) is 15.2. The van der Waals surface area contributed by atoms with Crippen molar-refractivity contribution in [3.8, 4) is 0 Å². The monoisotopic (exact) mass is 382 g/mol. The molecule has 0 bridgehead atoms. The van der Waals surface area contributed by atoms with E-state index in [0.717, 1.165) is 44.1 Å². The number of nitrogens with zero attached hydrogens (tertiary/aromatic N) is 4. The molecule has 0 saturated carbocycles. The Morgan fingerprint density at radius 1 is 1.35 bits per heavy atom. The zero-order valence-electron chi connectivity index (χ0n) is 14.4. The third kappa shape index (κ3) is 3.20. The molecule has 140 valence electrons. The fourth-order valence-electron chi connectivity index (χ4n) is 4.09. The lowest BCUT2D eigenvalue weighted by molar-refractivity contribution is 0.0234. The number of likely N-dealkylation sites (tertiary alicyclic amines) is 1. The number of halogens is 2. The maximum atomic E-state index is 13.3. The van der Waals surface area contributed by atoms with Crippen LogP contribution in [0.25, 0.3) is 10.2 Å². The average molecular weight is 382 g/mol. The summed E-state index contributed by atoms with van der Waals surface area (Å²) >= 11 is 1.28. The maximum Gasteiger partial charge on any atom is 0.407 e. The summed E-state index contributed by atoms with van der Waals surface area (Å²) in [5.74, 6) is -1.99. The third-order valence-electron chi connectivity index (χ3n) is 5.29. The molecule has 2 aromatic heterocycles. The number of hydrogen-bond donors (Lipinski definition) is 1. The minimum atomic E-state index is -2.75. The van der Waals surface area contributed by atoms with Crippen molar-refractivity contribution in [3.63, 3.8) is 0 Å². The van der Waals surface area contributed by atoms with Gasteiger partial charge in [0.1, 0.15) is 17.0 Å². The summed E-state index contributed by atoms with van der Waals surface area (Å²) in [4.78, 5) is 24.8. The van der Waals surface area contributed by atoms with E-state index < -0.39 is 12.0 Å². The topological polar surface area (TPSA) is 69.6 Å². The SMILES string of the molecule is CC(F)(F)Cc1cc2c(N3CCC4(CCN(C(=O)O)C4)C3)ncnc2s1. The van der Waals surface area contributed by atoms with E-state index in [1.165, 1.54) is 22.6 Å². The van der Waals surface area contributed by atoms with Crippen molar-refractivity contribution in [1.82, 2.24) is 14.9 Å². The van der Waals surface area contributed by atoms with Crippen LogP contribution in [0.2, 0.25) is 0 Å². The van der Waals surface area contributed by atoms with Crippen molar-refractivity contribution >= 4 is 33.5 Å². The van der Waals surface area contributed by atoms with Gasteiger partial charge in [0, 0.05) is 42.9 Å². The smallest absolute Gasteiger partial charge is 0.407 e. The number of amides is 1. The van der Waals surface area contributed by atoms with Gasteiger partial charge in [0.05, 0.1) is 5.39 Å². The van der Waals surface area contributed by atoms with Crippen LogP contribution >= 0.6 is 11.3 Å². The molecule has 1 unspecified atom stereocenters. The summed E-state index contributed by atoms with van der Waals surface area (Å²) < 4.78 is 26.7. The van der Waals surface area contributed by atoms with E-state index in [9.17, 15) is 18.7 Å². The number of thiophene rings is 1. The van der Waals surface area contributed by atoms with Crippen LogP contribution in [0.5, 0.6) is 0 Å². The molecule has 0 aliphatic carbocycles. The number of carboxylic acid groups (broad SMARTS) is 1. The van der Waals surface area contributed by atoms with Gasteiger partial charge >= 0.3 is 6.09 Å². The largest absolute Gasteiger partial charge is 0.465 e. The predicted molar refractivity (Wildman–Crippen MR) is 95.2 cm³/mol. The highest BCUT2D eigenvalue weighted by molar-refractivity contribution is 7.18. The maximum absolute atomic E-state index is 13.3. The molecule has 2 aliphatic rings. The van der Waals surface area contributed by atoms with Gasteiger partial charge in [0.15, 0.2) is 0 Å². The molecule has 26 heavy (non-hydrogen) atoms. The minimum absolute atomic E-state index is 0.0367. The number of carbonyl (C=O) groups is 1. The Morgan fingerprint density at radius 3 is 2.81 bits per heavy atom. The molecule has 9 heteroatoms. The summed E-state index contributed by atoms with van der Waals surface area (Å²) in [6.07, 6.45) is 2.07. The van der Waals surface area contributed by atoms with Crippen LogP contribution in [-0.4, -0.2) is 58.2 Å². The van der Waals surface area contributed by atoms with E-state index in [0.29, 0.717) is 22.8 Å². The first-order valence-electron chi connectivity index (χ1n) is 8.59. The fraction of sp³-hybridized carbons (Fsp3) is 0.588. The second-order valence-electron chi connectivity index (χ2n) is 7.50. The van der Waals surface area contributed by atoms with Crippen molar-refractivity contribution in [2.75, 3.05) is 31.1 Å². The highest BCUT2D eigenvalue weighted by atomic mass is 32.1. The predicted octanol–water partition coefficient (Wildman–Crippen LogP) is 3.47. The Bertz CT molecular complexity index is 853. The van der Waals surface area contributed by atoms with E-state index in [-0.39, 0.29) is 11.8 Å². The lowest BCUT2D eigenvalue weighted by Crippen LogP contribution is -2.33. The summed E-state index contributed by atoms with van der Waals surface area (Å²) in [5, 5.41) is 10.0. The molecule has 6 nitrogen and oxygen atoms in total. The normalized spacial score (nSPS) is 23.5. The Labute approximate surface area is 153 Å². The highest BCUT2D eigenvalue weighted by Crippen LogP contribution is 2.42. The van der Waals surface area contributed by atoms with E-state index >= 15 is 0 Å². The molecule has 0 aromatic carbocycles. The molecule has 1 atom stereocenters. The van der Waals surface area contributed by atoms with Gasteiger partial charge in [-0.05, 0) is 25.8 Å². The average Bonchev–Trinajstić information content (AvgIpc) is 3.24. The molecule has 0 radical (unpaired) electrons. The van der Waals surface area contributed by atoms with Crippen molar-refractivity contribution in [1.29, 1.82) is 0 Å².